The number of rotatable bonds is 5. The number of nitrogens with zero attached hydrogens (tertiary/aromatic N) is 1. The van der Waals surface area contributed by atoms with Crippen molar-refractivity contribution in [1.29, 1.82) is 0 Å². The Kier molecular flexibility index (Phi) is 6.72. The van der Waals surface area contributed by atoms with E-state index >= 15 is 0 Å². The molecule has 5 nitrogen and oxygen atoms in total. The van der Waals surface area contributed by atoms with Gasteiger partial charge in [-0.15, -0.1) is 0 Å². The Morgan fingerprint density at radius 1 is 0.844 bits per heavy atom. The van der Waals surface area contributed by atoms with E-state index in [0.29, 0.717) is 20.6 Å². The van der Waals surface area contributed by atoms with E-state index in [0.717, 1.165) is 11.1 Å². The third kappa shape index (κ3) is 4.62. The van der Waals surface area contributed by atoms with Gasteiger partial charge < -0.3 is 15.4 Å². The molecule has 1 fully saturated rings. The van der Waals surface area contributed by atoms with Crippen molar-refractivity contribution in [2.24, 2.45) is 5.73 Å². The van der Waals surface area contributed by atoms with Crippen LogP contribution in [0.4, 0.5) is 0 Å². The number of carbonyl (C=O) groups is 2. The van der Waals surface area contributed by atoms with E-state index in [4.69, 9.17) is 45.3 Å². The molecule has 3 atom stereocenters. The van der Waals surface area contributed by atoms with Gasteiger partial charge in [0, 0.05) is 15.1 Å². The van der Waals surface area contributed by atoms with Crippen LogP contribution in [0.1, 0.15) is 34.9 Å². The highest BCUT2D eigenvalue weighted by atomic mass is 35.5. The summed E-state index contributed by atoms with van der Waals surface area (Å²) in [5, 5.41) is 1.64. The Hall–Kier alpha value is -2.57. The van der Waals surface area contributed by atoms with Crippen LogP contribution in [0.25, 0.3) is 0 Å². The second-order valence-electron chi connectivity index (χ2n) is 7.44. The number of nitrogens with two attached hydrogens (primary N) is 1. The highest BCUT2D eigenvalue weighted by Gasteiger charge is 2.44. The van der Waals surface area contributed by atoms with Gasteiger partial charge in [0.2, 0.25) is 11.8 Å². The first-order chi connectivity index (χ1) is 15.3. The number of ether oxygens (including phenoxy) is 1. The lowest BCUT2D eigenvalue weighted by Crippen LogP contribution is -2.50. The molecule has 0 aliphatic carbocycles. The van der Waals surface area contributed by atoms with Gasteiger partial charge in [-0.2, -0.15) is 0 Å². The smallest absolute Gasteiger partial charge is 0.250 e. The van der Waals surface area contributed by atoms with Crippen molar-refractivity contribution in [1.82, 2.24) is 4.90 Å². The molecule has 0 saturated carbocycles. The van der Waals surface area contributed by atoms with Gasteiger partial charge in [-0.1, -0.05) is 71.2 Å². The molecule has 0 radical (unpaired) electrons. The molecule has 1 aliphatic rings. The molecule has 3 aromatic carbocycles. The molecular weight excluding hydrogens is 471 g/mol. The van der Waals surface area contributed by atoms with Crippen molar-refractivity contribution >= 4 is 46.6 Å². The largest absolute Gasteiger partial charge is 0.368 e. The number of benzene rings is 3. The van der Waals surface area contributed by atoms with Crippen LogP contribution < -0.4 is 5.73 Å². The first kappa shape index (κ1) is 22.6. The number of halogens is 3. The molecule has 0 spiro atoms. The normalized spacial score (nSPS) is 19.6. The fourth-order valence-corrected chi connectivity index (χ4v) is 4.34. The summed E-state index contributed by atoms with van der Waals surface area (Å²) < 4.78 is 5.99. The SMILES string of the molecule is NC(=O)[C@@H](c1ccc(Cl)cc1)N1C(=O)CO[C@H](c2ccc(Cl)cc2)[C@@H]1c1ccc(Cl)cc1. The Labute approximate surface area is 200 Å². The van der Waals surface area contributed by atoms with Crippen LogP contribution in [-0.2, 0) is 14.3 Å². The second kappa shape index (κ2) is 9.51. The lowest BCUT2D eigenvalue weighted by Gasteiger charge is -2.44. The van der Waals surface area contributed by atoms with Gasteiger partial charge in [0.1, 0.15) is 18.8 Å². The van der Waals surface area contributed by atoms with Crippen LogP contribution in [0.2, 0.25) is 15.1 Å². The van der Waals surface area contributed by atoms with E-state index in [1.54, 1.807) is 48.5 Å². The van der Waals surface area contributed by atoms with E-state index in [2.05, 4.69) is 0 Å². The van der Waals surface area contributed by atoms with Crippen molar-refractivity contribution in [3.05, 3.63) is 105 Å². The maximum Gasteiger partial charge on any atom is 0.250 e. The number of carbonyl (C=O) groups excluding carboxylic acids is 2. The Bertz CT molecular complexity index is 1120. The summed E-state index contributed by atoms with van der Waals surface area (Å²) in [7, 11) is 0. The van der Waals surface area contributed by atoms with Crippen LogP contribution in [-0.4, -0.2) is 23.3 Å². The van der Waals surface area contributed by atoms with E-state index in [9.17, 15) is 9.59 Å². The molecule has 0 bridgehead atoms. The lowest BCUT2D eigenvalue weighted by atomic mass is 9.90. The van der Waals surface area contributed by atoms with Crippen molar-refractivity contribution in [3.8, 4) is 0 Å². The highest BCUT2D eigenvalue weighted by Crippen LogP contribution is 2.44. The molecule has 0 unspecified atom stereocenters. The molecule has 1 saturated heterocycles. The number of primary amides is 1. The molecule has 164 valence electrons. The maximum atomic E-state index is 13.2. The Balaban J connectivity index is 1.86. The molecule has 4 rings (SSSR count). The Morgan fingerprint density at radius 2 is 1.31 bits per heavy atom. The van der Waals surface area contributed by atoms with Gasteiger partial charge in [-0.05, 0) is 53.1 Å². The zero-order valence-electron chi connectivity index (χ0n) is 16.8. The fraction of sp³-hybridized carbons (Fsp3) is 0.167. The number of amides is 2. The predicted molar refractivity (Wildman–Crippen MR) is 125 cm³/mol. The first-order valence-corrected chi connectivity index (χ1v) is 11.0. The van der Waals surface area contributed by atoms with Gasteiger partial charge in [0.05, 0.1) is 6.04 Å². The van der Waals surface area contributed by atoms with Crippen LogP contribution in [0.3, 0.4) is 0 Å². The molecule has 1 aliphatic heterocycles. The zero-order valence-corrected chi connectivity index (χ0v) is 19.0. The predicted octanol–water partition coefficient (Wildman–Crippen LogP) is 5.51. The van der Waals surface area contributed by atoms with Crippen molar-refractivity contribution in [3.63, 3.8) is 0 Å². The molecule has 1 heterocycles. The van der Waals surface area contributed by atoms with E-state index < -0.39 is 24.1 Å². The third-order valence-electron chi connectivity index (χ3n) is 5.40. The summed E-state index contributed by atoms with van der Waals surface area (Å²) >= 11 is 18.2. The fourth-order valence-electron chi connectivity index (χ4n) is 3.97. The van der Waals surface area contributed by atoms with Gasteiger partial charge in [0.15, 0.2) is 0 Å². The molecule has 8 heteroatoms. The monoisotopic (exact) mass is 488 g/mol. The quantitative estimate of drug-likeness (QED) is 0.513. The van der Waals surface area contributed by atoms with Crippen molar-refractivity contribution in [2.75, 3.05) is 6.61 Å². The van der Waals surface area contributed by atoms with Crippen LogP contribution in [0.5, 0.6) is 0 Å². The maximum absolute atomic E-state index is 13.2. The highest BCUT2D eigenvalue weighted by molar-refractivity contribution is 6.31. The van der Waals surface area contributed by atoms with Crippen molar-refractivity contribution in [2.45, 2.75) is 18.2 Å². The number of hydrogen-bond acceptors (Lipinski definition) is 3. The molecule has 2 N–H and O–H groups in total. The Morgan fingerprint density at radius 3 is 1.81 bits per heavy atom. The molecule has 2 amide bonds. The minimum atomic E-state index is -1.01. The minimum absolute atomic E-state index is 0.200. The van der Waals surface area contributed by atoms with Gasteiger partial charge >= 0.3 is 0 Å². The molecular formula is C24H19Cl3N2O3. The third-order valence-corrected chi connectivity index (χ3v) is 6.16. The summed E-state index contributed by atoms with van der Waals surface area (Å²) in [5.41, 5.74) is 7.95. The van der Waals surface area contributed by atoms with Gasteiger partial charge in [0.25, 0.3) is 0 Å². The summed E-state index contributed by atoms with van der Waals surface area (Å²) in [5.74, 6) is -1.01. The van der Waals surface area contributed by atoms with E-state index in [-0.39, 0.29) is 12.5 Å². The van der Waals surface area contributed by atoms with Gasteiger partial charge in [-0.25, -0.2) is 0 Å². The molecule has 0 aromatic heterocycles. The number of morpholine rings is 1. The van der Waals surface area contributed by atoms with Crippen LogP contribution >= 0.6 is 34.8 Å². The zero-order chi connectivity index (χ0) is 22.8. The summed E-state index contributed by atoms with van der Waals surface area (Å²) in [6.07, 6.45) is -0.555. The molecule has 32 heavy (non-hydrogen) atoms. The topological polar surface area (TPSA) is 72.6 Å². The van der Waals surface area contributed by atoms with Gasteiger partial charge in [-0.3, -0.25) is 9.59 Å². The van der Waals surface area contributed by atoms with Crippen LogP contribution in [0.15, 0.2) is 72.8 Å². The summed E-state index contributed by atoms with van der Waals surface area (Å²) in [4.78, 5) is 27.3. The van der Waals surface area contributed by atoms with Crippen LogP contribution in [0, 0.1) is 0 Å². The summed E-state index contributed by atoms with van der Waals surface area (Å²) in [6, 6.07) is 19.3. The minimum Gasteiger partial charge on any atom is -0.368 e. The summed E-state index contributed by atoms with van der Waals surface area (Å²) in [6.45, 7) is -0.200. The number of hydrogen-bond donors (Lipinski definition) is 1. The average Bonchev–Trinajstić information content (AvgIpc) is 2.77. The standard InChI is InChI=1S/C24H19Cl3N2O3/c25-17-7-1-14(2-8-17)21-23(16-5-11-19(27)12-6-16)32-13-20(30)29(21)22(24(28)31)15-3-9-18(26)10-4-15/h1-12,21-23H,13H2,(H2,28,31)/t21-,22+,23+/m0/s1. The lowest BCUT2D eigenvalue weighted by molar-refractivity contribution is -0.166. The molecule has 3 aromatic rings. The van der Waals surface area contributed by atoms with E-state index in [1.165, 1.54) is 4.90 Å². The van der Waals surface area contributed by atoms with E-state index in [1.807, 2.05) is 24.3 Å². The second-order valence-corrected chi connectivity index (χ2v) is 8.75. The van der Waals surface area contributed by atoms with Crippen molar-refractivity contribution < 1.29 is 14.3 Å². The first-order valence-electron chi connectivity index (χ1n) is 9.83. The average molecular weight is 490 g/mol.